The lowest BCUT2D eigenvalue weighted by atomic mass is 9.89. The largest absolute Gasteiger partial charge is 0.456 e. The monoisotopic (exact) mass is 501 g/mol. The molecule has 1 saturated heterocycles. The number of nitrogens with zero attached hydrogens (tertiary/aromatic N) is 5. The summed E-state index contributed by atoms with van der Waals surface area (Å²) in [4.78, 5) is 20.0. The molecule has 1 fully saturated rings. The molecule has 4 rings (SSSR count). The van der Waals surface area contributed by atoms with Crippen molar-refractivity contribution in [1.29, 1.82) is 5.26 Å². The molecule has 1 aliphatic rings. The van der Waals surface area contributed by atoms with Crippen molar-refractivity contribution in [3.05, 3.63) is 77.4 Å². The van der Waals surface area contributed by atoms with Crippen molar-refractivity contribution in [1.82, 2.24) is 14.5 Å². The number of hydrogen-bond donors (Lipinski definition) is 1. The predicted octanol–water partition coefficient (Wildman–Crippen LogP) is 4.07. The molecule has 2 heterocycles. The molecule has 3 aromatic rings. The first-order chi connectivity index (χ1) is 17.5. The maximum Gasteiger partial charge on any atom is 0.322 e. The number of ether oxygens (including phenoxy) is 1. The van der Waals surface area contributed by atoms with Crippen LogP contribution in [0, 0.1) is 11.3 Å². The van der Waals surface area contributed by atoms with Gasteiger partial charge in [0.25, 0.3) is 0 Å². The number of imidazole rings is 1. The molecular weight excluding hydrogens is 464 g/mol. The van der Waals surface area contributed by atoms with E-state index in [1.807, 2.05) is 76.1 Å². The van der Waals surface area contributed by atoms with Crippen LogP contribution in [-0.2, 0) is 17.4 Å². The standard InChI is InChI=1S/C29H37N6O2/c1-29(31,27-18-32-19-34(27)4)23-13-12-22(17-30)26(16-23)37-24-10-8-9-21(15-24)25-11-6-7-14-35(5,28(25)36)20-33(2)3/h8-10,12-13,15-16,18-19,25H,6-7,11,14,20,31H2,1-5H3/q+1. The minimum Gasteiger partial charge on any atom is -0.456 e. The molecule has 2 aromatic carbocycles. The molecule has 0 radical (unpaired) electrons. The van der Waals surface area contributed by atoms with E-state index in [1.165, 1.54) is 0 Å². The molecule has 1 aromatic heterocycles. The Morgan fingerprint density at radius 2 is 2.05 bits per heavy atom. The van der Waals surface area contributed by atoms with Crippen LogP contribution < -0.4 is 10.5 Å². The Labute approximate surface area is 219 Å². The van der Waals surface area contributed by atoms with Crippen LogP contribution in [0.4, 0.5) is 0 Å². The van der Waals surface area contributed by atoms with Gasteiger partial charge in [0.2, 0.25) is 0 Å². The lowest BCUT2D eigenvalue weighted by molar-refractivity contribution is -0.845. The summed E-state index contributed by atoms with van der Waals surface area (Å²) in [5, 5.41) is 9.75. The molecule has 3 unspecified atom stereocenters. The molecular formula is C29H37N6O2+. The Kier molecular flexibility index (Phi) is 7.51. The van der Waals surface area contributed by atoms with Crippen LogP contribution in [0.5, 0.6) is 11.5 Å². The molecule has 0 aliphatic carbocycles. The van der Waals surface area contributed by atoms with E-state index in [2.05, 4.69) is 16.0 Å². The van der Waals surface area contributed by atoms with Gasteiger partial charge in [-0.05, 0) is 75.7 Å². The molecule has 0 spiro atoms. The Hall–Kier alpha value is -3.51. The van der Waals surface area contributed by atoms with Gasteiger partial charge in [-0.2, -0.15) is 5.26 Å². The average molecular weight is 502 g/mol. The maximum absolute atomic E-state index is 13.7. The summed E-state index contributed by atoms with van der Waals surface area (Å²) < 4.78 is 8.55. The highest BCUT2D eigenvalue weighted by atomic mass is 16.5. The number of likely N-dealkylation sites (tertiary alicyclic amines) is 1. The number of nitriles is 1. The number of likely N-dealkylation sites (N-methyl/N-ethyl adjacent to an activating group) is 1. The number of nitrogens with two attached hydrogens (primary N) is 1. The molecule has 8 nitrogen and oxygen atoms in total. The summed E-state index contributed by atoms with van der Waals surface area (Å²) in [5.74, 6) is 1.05. The lowest BCUT2D eigenvalue weighted by Gasteiger charge is -2.34. The minimum atomic E-state index is -0.833. The Morgan fingerprint density at radius 3 is 2.73 bits per heavy atom. The SMILES string of the molecule is CN(C)C[N+]1(C)CCCCC(c2cccc(Oc3cc(C(C)(N)c4cncn4C)ccc3C#N)c2)C1=O. The van der Waals surface area contributed by atoms with Crippen molar-refractivity contribution in [2.45, 2.75) is 37.6 Å². The topological polar surface area (TPSA) is 97.2 Å². The summed E-state index contributed by atoms with van der Waals surface area (Å²) >= 11 is 0. The van der Waals surface area contributed by atoms with E-state index >= 15 is 0 Å². The number of amides is 1. The van der Waals surface area contributed by atoms with Crippen LogP contribution in [0.15, 0.2) is 55.0 Å². The summed E-state index contributed by atoms with van der Waals surface area (Å²) in [7, 11) is 7.95. The van der Waals surface area contributed by atoms with Crippen molar-refractivity contribution >= 4 is 5.91 Å². The first-order valence-corrected chi connectivity index (χ1v) is 12.7. The van der Waals surface area contributed by atoms with Crippen molar-refractivity contribution in [2.24, 2.45) is 12.8 Å². The minimum absolute atomic E-state index is 0.199. The maximum atomic E-state index is 13.7. The third-order valence-electron chi connectivity index (χ3n) is 7.36. The van der Waals surface area contributed by atoms with Crippen LogP contribution in [0.25, 0.3) is 0 Å². The zero-order valence-corrected chi connectivity index (χ0v) is 22.4. The Bertz CT molecular complexity index is 1320. The fourth-order valence-electron chi connectivity index (χ4n) is 5.44. The third kappa shape index (κ3) is 5.44. The van der Waals surface area contributed by atoms with Gasteiger partial charge in [-0.1, -0.05) is 18.2 Å². The second-order valence-electron chi connectivity index (χ2n) is 10.8. The number of carbonyl (C=O) groups excluding carboxylic acids is 1. The first-order valence-electron chi connectivity index (χ1n) is 12.7. The van der Waals surface area contributed by atoms with Crippen LogP contribution >= 0.6 is 0 Å². The van der Waals surface area contributed by atoms with Gasteiger partial charge in [-0.15, -0.1) is 0 Å². The predicted molar refractivity (Wildman–Crippen MR) is 143 cm³/mol. The summed E-state index contributed by atoms with van der Waals surface area (Å²) in [6.07, 6.45) is 6.30. The molecule has 0 saturated carbocycles. The van der Waals surface area contributed by atoms with Gasteiger partial charge in [0.1, 0.15) is 24.2 Å². The third-order valence-corrected chi connectivity index (χ3v) is 7.36. The average Bonchev–Trinajstić information content (AvgIpc) is 3.24. The van der Waals surface area contributed by atoms with E-state index in [1.54, 1.807) is 18.6 Å². The van der Waals surface area contributed by atoms with Crippen molar-refractivity contribution in [2.75, 3.05) is 34.4 Å². The first kappa shape index (κ1) is 26.6. The number of quaternary nitrogens is 1. The van der Waals surface area contributed by atoms with E-state index in [0.717, 1.165) is 42.6 Å². The van der Waals surface area contributed by atoms with Crippen molar-refractivity contribution < 1.29 is 14.0 Å². The smallest absolute Gasteiger partial charge is 0.322 e. The van der Waals surface area contributed by atoms with E-state index in [0.29, 0.717) is 28.2 Å². The van der Waals surface area contributed by atoms with E-state index < -0.39 is 5.54 Å². The highest BCUT2D eigenvalue weighted by Crippen LogP contribution is 2.36. The summed E-state index contributed by atoms with van der Waals surface area (Å²) in [6.45, 7) is 3.44. The van der Waals surface area contributed by atoms with E-state index in [-0.39, 0.29) is 11.8 Å². The van der Waals surface area contributed by atoms with Gasteiger partial charge in [0.05, 0.1) is 48.8 Å². The van der Waals surface area contributed by atoms with Crippen molar-refractivity contribution in [3.63, 3.8) is 0 Å². The summed E-state index contributed by atoms with van der Waals surface area (Å²) in [6, 6.07) is 15.3. The fraction of sp³-hybridized carbons (Fsp3) is 0.414. The molecule has 1 aliphatic heterocycles. The van der Waals surface area contributed by atoms with Gasteiger partial charge in [-0.25, -0.2) is 14.3 Å². The molecule has 2 N–H and O–H groups in total. The van der Waals surface area contributed by atoms with Crippen molar-refractivity contribution in [3.8, 4) is 17.6 Å². The highest BCUT2D eigenvalue weighted by Gasteiger charge is 2.40. The zero-order chi connectivity index (χ0) is 26.8. The molecule has 0 bridgehead atoms. The van der Waals surface area contributed by atoms with Crippen LogP contribution in [0.1, 0.15) is 54.5 Å². The quantitative estimate of drug-likeness (QED) is 0.490. The molecule has 3 atom stereocenters. The van der Waals surface area contributed by atoms with Gasteiger partial charge in [0, 0.05) is 7.05 Å². The second-order valence-corrected chi connectivity index (χ2v) is 10.8. The van der Waals surface area contributed by atoms with Gasteiger partial charge in [0.15, 0.2) is 0 Å². The lowest BCUT2D eigenvalue weighted by Crippen LogP contribution is -2.55. The number of carbonyl (C=O) groups is 1. The van der Waals surface area contributed by atoms with Gasteiger partial charge in [-0.3, -0.25) is 4.90 Å². The Morgan fingerprint density at radius 1 is 1.27 bits per heavy atom. The number of benzene rings is 2. The van der Waals surface area contributed by atoms with Crippen LogP contribution in [0.3, 0.4) is 0 Å². The number of aromatic nitrogens is 2. The highest BCUT2D eigenvalue weighted by molar-refractivity contribution is 5.78. The zero-order valence-electron chi connectivity index (χ0n) is 22.4. The molecule has 8 heteroatoms. The fourth-order valence-corrected chi connectivity index (χ4v) is 5.44. The number of aryl methyl sites for hydroxylation is 1. The van der Waals surface area contributed by atoms with Gasteiger partial charge >= 0.3 is 5.91 Å². The summed E-state index contributed by atoms with van der Waals surface area (Å²) in [5.41, 5.74) is 8.90. The van der Waals surface area contributed by atoms with Gasteiger partial charge < -0.3 is 15.0 Å². The Balaban J connectivity index is 1.65. The van der Waals surface area contributed by atoms with Crippen LogP contribution in [0.2, 0.25) is 0 Å². The molecule has 194 valence electrons. The van der Waals surface area contributed by atoms with Crippen LogP contribution in [-0.4, -0.2) is 59.2 Å². The number of rotatable bonds is 7. The molecule has 1 amide bonds. The van der Waals surface area contributed by atoms with E-state index in [9.17, 15) is 10.1 Å². The molecule has 37 heavy (non-hydrogen) atoms. The number of hydrogen-bond acceptors (Lipinski definition) is 6. The normalized spacial score (nSPS) is 21.8. The van der Waals surface area contributed by atoms with E-state index in [4.69, 9.17) is 10.5 Å². The second kappa shape index (κ2) is 10.5.